The van der Waals surface area contributed by atoms with Crippen molar-refractivity contribution >= 4 is 17.8 Å². The molecule has 0 aromatic heterocycles. The Morgan fingerprint density at radius 2 is 1.78 bits per heavy atom. The molecule has 0 unspecified atom stereocenters. The Labute approximate surface area is 161 Å². The van der Waals surface area contributed by atoms with Crippen molar-refractivity contribution in [2.45, 2.75) is 25.7 Å². The van der Waals surface area contributed by atoms with E-state index in [-0.39, 0.29) is 11.8 Å². The van der Waals surface area contributed by atoms with E-state index >= 15 is 0 Å². The first-order valence-electron chi connectivity index (χ1n) is 9.63. The lowest BCUT2D eigenvalue weighted by Gasteiger charge is -2.34. The molecule has 2 rings (SSSR count). The van der Waals surface area contributed by atoms with Gasteiger partial charge in [-0.25, -0.2) is 0 Å². The minimum Gasteiger partial charge on any atom is -0.359 e. The van der Waals surface area contributed by atoms with Gasteiger partial charge in [0.1, 0.15) is 0 Å². The smallest absolute Gasteiger partial charge is 0.251 e. The highest BCUT2D eigenvalue weighted by atomic mass is 16.2. The SMILES string of the molecule is CN=C(NCCCNC(=O)c1ccccc1)N1CCC(CC(=O)NC)CC1. The molecule has 0 atom stereocenters. The molecule has 0 saturated carbocycles. The van der Waals surface area contributed by atoms with Crippen molar-refractivity contribution in [3.05, 3.63) is 35.9 Å². The number of nitrogens with one attached hydrogen (secondary N) is 3. The molecule has 1 aromatic carbocycles. The van der Waals surface area contributed by atoms with E-state index in [4.69, 9.17) is 0 Å². The summed E-state index contributed by atoms with van der Waals surface area (Å²) >= 11 is 0. The van der Waals surface area contributed by atoms with E-state index in [1.54, 1.807) is 14.1 Å². The third-order valence-corrected chi connectivity index (χ3v) is 4.84. The summed E-state index contributed by atoms with van der Waals surface area (Å²) in [6, 6.07) is 9.23. The van der Waals surface area contributed by atoms with Gasteiger partial charge in [-0.2, -0.15) is 0 Å². The van der Waals surface area contributed by atoms with Gasteiger partial charge in [-0.15, -0.1) is 0 Å². The van der Waals surface area contributed by atoms with Crippen molar-refractivity contribution < 1.29 is 9.59 Å². The first-order valence-corrected chi connectivity index (χ1v) is 9.63. The molecule has 1 fully saturated rings. The van der Waals surface area contributed by atoms with Crippen molar-refractivity contribution in [2.75, 3.05) is 40.3 Å². The highest BCUT2D eigenvalue weighted by Crippen LogP contribution is 2.20. The third-order valence-electron chi connectivity index (χ3n) is 4.84. The molecule has 27 heavy (non-hydrogen) atoms. The molecule has 7 heteroatoms. The average Bonchev–Trinajstić information content (AvgIpc) is 2.72. The second-order valence-electron chi connectivity index (χ2n) is 6.76. The van der Waals surface area contributed by atoms with Gasteiger partial charge in [0.15, 0.2) is 5.96 Å². The Morgan fingerprint density at radius 1 is 1.11 bits per heavy atom. The topological polar surface area (TPSA) is 85.8 Å². The van der Waals surface area contributed by atoms with Crippen molar-refractivity contribution in [3.8, 4) is 0 Å². The van der Waals surface area contributed by atoms with E-state index in [2.05, 4.69) is 25.8 Å². The van der Waals surface area contributed by atoms with E-state index in [1.807, 2.05) is 30.3 Å². The van der Waals surface area contributed by atoms with Crippen LogP contribution in [0.1, 0.15) is 36.0 Å². The maximum atomic E-state index is 12.0. The number of guanidine groups is 1. The molecule has 7 nitrogen and oxygen atoms in total. The highest BCUT2D eigenvalue weighted by Gasteiger charge is 2.22. The maximum absolute atomic E-state index is 12.0. The van der Waals surface area contributed by atoms with Gasteiger partial charge in [0.05, 0.1) is 0 Å². The number of hydrogen-bond acceptors (Lipinski definition) is 3. The normalized spacial score (nSPS) is 15.3. The molecule has 1 aromatic rings. The van der Waals surface area contributed by atoms with Gasteiger partial charge in [0, 0.05) is 52.3 Å². The van der Waals surface area contributed by atoms with Gasteiger partial charge in [-0.1, -0.05) is 18.2 Å². The van der Waals surface area contributed by atoms with E-state index < -0.39 is 0 Å². The average molecular weight is 374 g/mol. The summed E-state index contributed by atoms with van der Waals surface area (Å²) in [4.78, 5) is 30.1. The molecule has 1 heterocycles. The number of carbonyl (C=O) groups excluding carboxylic acids is 2. The van der Waals surface area contributed by atoms with Crippen LogP contribution in [0.2, 0.25) is 0 Å². The van der Waals surface area contributed by atoms with E-state index in [9.17, 15) is 9.59 Å². The zero-order valence-corrected chi connectivity index (χ0v) is 16.3. The van der Waals surface area contributed by atoms with Gasteiger partial charge in [0.25, 0.3) is 5.91 Å². The Bertz CT molecular complexity index is 625. The van der Waals surface area contributed by atoms with Crippen LogP contribution in [0, 0.1) is 5.92 Å². The lowest BCUT2D eigenvalue weighted by atomic mass is 9.93. The van der Waals surface area contributed by atoms with Gasteiger partial charge in [-0.3, -0.25) is 14.6 Å². The molecule has 0 radical (unpaired) electrons. The number of piperidine rings is 1. The van der Waals surface area contributed by atoms with Crippen LogP contribution in [0.3, 0.4) is 0 Å². The van der Waals surface area contributed by atoms with E-state index in [0.717, 1.165) is 44.9 Å². The molecule has 148 valence electrons. The summed E-state index contributed by atoms with van der Waals surface area (Å²) < 4.78 is 0. The van der Waals surface area contributed by atoms with Crippen molar-refractivity contribution in [1.29, 1.82) is 0 Å². The fourth-order valence-electron chi connectivity index (χ4n) is 3.23. The highest BCUT2D eigenvalue weighted by molar-refractivity contribution is 5.94. The molecule has 0 bridgehead atoms. The Morgan fingerprint density at radius 3 is 2.41 bits per heavy atom. The van der Waals surface area contributed by atoms with Crippen LogP contribution in [0.15, 0.2) is 35.3 Å². The summed E-state index contributed by atoms with van der Waals surface area (Å²) in [6.07, 6.45) is 3.44. The number of benzene rings is 1. The van der Waals surface area contributed by atoms with Crippen LogP contribution in [0.5, 0.6) is 0 Å². The lowest BCUT2D eigenvalue weighted by Crippen LogP contribution is -2.46. The number of aliphatic imine (C=N–C) groups is 1. The van der Waals surface area contributed by atoms with Gasteiger partial charge < -0.3 is 20.9 Å². The predicted molar refractivity (Wildman–Crippen MR) is 108 cm³/mol. The number of carbonyl (C=O) groups is 2. The third kappa shape index (κ3) is 6.92. The van der Waals surface area contributed by atoms with Crippen LogP contribution in [0.25, 0.3) is 0 Å². The number of nitrogens with zero attached hydrogens (tertiary/aromatic N) is 2. The van der Waals surface area contributed by atoms with Crippen molar-refractivity contribution in [1.82, 2.24) is 20.9 Å². The molecular formula is C20H31N5O2. The van der Waals surface area contributed by atoms with Crippen molar-refractivity contribution in [3.63, 3.8) is 0 Å². The second-order valence-corrected chi connectivity index (χ2v) is 6.76. The summed E-state index contributed by atoms with van der Waals surface area (Å²) in [5.74, 6) is 1.42. The molecule has 0 aliphatic carbocycles. The number of amides is 2. The lowest BCUT2D eigenvalue weighted by molar-refractivity contribution is -0.121. The first-order chi connectivity index (χ1) is 13.1. The van der Waals surface area contributed by atoms with Crippen LogP contribution >= 0.6 is 0 Å². The molecular weight excluding hydrogens is 342 g/mol. The van der Waals surface area contributed by atoms with E-state index in [1.165, 1.54) is 0 Å². The molecule has 1 aliphatic heterocycles. The second kappa shape index (κ2) is 11.2. The summed E-state index contributed by atoms with van der Waals surface area (Å²) in [7, 11) is 3.47. The zero-order chi connectivity index (χ0) is 19.5. The van der Waals surface area contributed by atoms with Crippen LogP contribution in [-0.2, 0) is 4.79 Å². The van der Waals surface area contributed by atoms with Crippen LogP contribution in [-0.4, -0.2) is 62.9 Å². The van der Waals surface area contributed by atoms with Crippen LogP contribution in [0.4, 0.5) is 0 Å². The molecule has 3 N–H and O–H groups in total. The largest absolute Gasteiger partial charge is 0.359 e. The minimum atomic E-state index is -0.0434. The van der Waals surface area contributed by atoms with Gasteiger partial charge in [-0.05, 0) is 37.3 Å². The zero-order valence-electron chi connectivity index (χ0n) is 16.3. The monoisotopic (exact) mass is 373 g/mol. The maximum Gasteiger partial charge on any atom is 0.251 e. The molecule has 1 aliphatic rings. The Kier molecular flexibility index (Phi) is 8.61. The van der Waals surface area contributed by atoms with Crippen molar-refractivity contribution in [2.24, 2.45) is 10.9 Å². The molecule has 2 amide bonds. The first kappa shape index (κ1) is 20.7. The van der Waals surface area contributed by atoms with E-state index in [0.29, 0.717) is 24.4 Å². The fraction of sp³-hybridized carbons (Fsp3) is 0.550. The predicted octanol–water partition coefficient (Wildman–Crippen LogP) is 1.23. The summed E-state index contributed by atoms with van der Waals surface area (Å²) in [5, 5.41) is 8.99. The number of likely N-dealkylation sites (tertiary alicyclic amines) is 1. The minimum absolute atomic E-state index is 0.0434. The number of rotatable bonds is 7. The van der Waals surface area contributed by atoms with Gasteiger partial charge in [0.2, 0.25) is 5.91 Å². The summed E-state index contributed by atoms with van der Waals surface area (Å²) in [6.45, 7) is 3.18. The Hall–Kier alpha value is -2.57. The number of hydrogen-bond donors (Lipinski definition) is 3. The standard InChI is InChI=1S/C20H31N5O2/c1-21-18(26)15-16-9-13-25(14-10-16)20(22-2)24-12-6-11-23-19(27)17-7-4-3-5-8-17/h3-5,7-8,16H,6,9-15H2,1-2H3,(H,21,26)(H,22,24)(H,23,27). The Balaban J connectivity index is 1.63. The molecule has 0 spiro atoms. The summed E-state index contributed by atoms with van der Waals surface area (Å²) in [5.41, 5.74) is 0.681. The van der Waals surface area contributed by atoms with Crippen LogP contribution < -0.4 is 16.0 Å². The fourth-order valence-corrected chi connectivity index (χ4v) is 3.23. The quantitative estimate of drug-likeness (QED) is 0.381. The van der Waals surface area contributed by atoms with Gasteiger partial charge >= 0.3 is 0 Å². The molecule has 1 saturated heterocycles.